The Hall–Kier alpha value is -2.87. The molecule has 1 amide bonds. The average molecular weight is 345 g/mol. The van der Waals surface area contributed by atoms with Gasteiger partial charge in [0.2, 0.25) is 11.9 Å². The third-order valence-electron chi connectivity index (χ3n) is 2.78. The number of carbonyl (C=O) groups is 2. The normalized spacial score (nSPS) is 11.6. The van der Waals surface area contributed by atoms with E-state index in [1.165, 1.54) is 13.8 Å². The molecule has 7 nitrogen and oxygen atoms in total. The minimum atomic E-state index is -0.567. The Balaban J connectivity index is 2.47. The Morgan fingerprint density at radius 1 is 1.21 bits per heavy atom. The van der Waals surface area contributed by atoms with Crippen LogP contribution in [0.5, 0.6) is 0 Å². The van der Waals surface area contributed by atoms with Gasteiger partial charge in [-0.1, -0.05) is 30.0 Å². The first kappa shape index (κ1) is 17.5. The molecule has 0 aliphatic carbocycles. The number of nitrogens with zero attached hydrogens (tertiary/aromatic N) is 1. The third-order valence-corrected chi connectivity index (χ3v) is 3.97. The summed E-state index contributed by atoms with van der Waals surface area (Å²) >= 11 is 1.07. The van der Waals surface area contributed by atoms with Gasteiger partial charge in [-0.2, -0.15) is 0 Å². The maximum Gasteiger partial charge on any atom is 0.252 e. The summed E-state index contributed by atoms with van der Waals surface area (Å²) in [6.45, 7) is 2.57. The minimum absolute atomic E-state index is 0.0491. The van der Waals surface area contributed by atoms with Crippen LogP contribution in [-0.2, 0) is 9.59 Å². The highest BCUT2D eigenvalue weighted by molar-refractivity contribution is 8.04. The summed E-state index contributed by atoms with van der Waals surface area (Å²) in [6.07, 6.45) is 0. The lowest BCUT2D eigenvalue weighted by Gasteiger charge is -2.09. The first-order valence-electron chi connectivity index (χ1n) is 6.93. The number of Topliss-reactive ketones (excluding diaryl/α,β-unsaturated/α-hetero) is 1. The highest BCUT2D eigenvalue weighted by Gasteiger charge is 2.17. The van der Waals surface area contributed by atoms with Crippen LogP contribution in [0.2, 0.25) is 0 Å². The van der Waals surface area contributed by atoms with Gasteiger partial charge in [-0.25, -0.2) is 4.98 Å². The fraction of sp³-hybridized carbons (Fsp3) is 0.125. The third kappa shape index (κ3) is 4.56. The number of nitrogens with one attached hydrogen (secondary N) is 2. The van der Waals surface area contributed by atoms with Gasteiger partial charge in [0, 0.05) is 17.9 Å². The first-order valence-corrected chi connectivity index (χ1v) is 7.75. The molecule has 24 heavy (non-hydrogen) atoms. The number of ketones is 1. The predicted octanol–water partition coefficient (Wildman–Crippen LogP) is 2.34. The van der Waals surface area contributed by atoms with Crippen molar-refractivity contribution < 1.29 is 14.7 Å². The second-order valence-electron chi connectivity index (χ2n) is 4.81. The zero-order chi connectivity index (χ0) is 17.7. The van der Waals surface area contributed by atoms with Crippen LogP contribution in [0.25, 0.3) is 5.76 Å². The molecule has 0 spiro atoms. The second kappa shape index (κ2) is 7.60. The molecule has 2 rings (SSSR count). The summed E-state index contributed by atoms with van der Waals surface area (Å²) in [6, 6.07) is 10.1. The van der Waals surface area contributed by atoms with Gasteiger partial charge < -0.3 is 5.11 Å². The van der Waals surface area contributed by atoms with E-state index in [0.717, 1.165) is 22.7 Å². The number of aromatic amines is 1. The molecule has 1 aromatic carbocycles. The van der Waals surface area contributed by atoms with Crippen molar-refractivity contribution in [3.8, 4) is 0 Å². The Kier molecular flexibility index (Phi) is 5.54. The molecule has 8 heteroatoms. The Morgan fingerprint density at radius 3 is 2.46 bits per heavy atom. The lowest BCUT2D eigenvalue weighted by Crippen LogP contribution is -2.17. The number of hydrogen-bond donors (Lipinski definition) is 3. The van der Waals surface area contributed by atoms with Crippen LogP contribution in [0.1, 0.15) is 19.5 Å². The zero-order valence-corrected chi connectivity index (χ0v) is 13.8. The molecule has 0 fully saturated rings. The van der Waals surface area contributed by atoms with Crippen molar-refractivity contribution in [1.29, 1.82) is 0 Å². The van der Waals surface area contributed by atoms with E-state index in [0.29, 0.717) is 0 Å². The molecule has 0 aliphatic rings. The van der Waals surface area contributed by atoms with Crippen LogP contribution in [0.3, 0.4) is 0 Å². The molecular weight excluding hydrogens is 330 g/mol. The van der Waals surface area contributed by atoms with Gasteiger partial charge in [0.25, 0.3) is 5.56 Å². The van der Waals surface area contributed by atoms with Crippen molar-refractivity contribution in [2.75, 3.05) is 5.32 Å². The molecule has 124 valence electrons. The van der Waals surface area contributed by atoms with Crippen LogP contribution >= 0.6 is 11.8 Å². The number of aliphatic hydroxyl groups is 1. The standard InChI is InChI=1S/C16H15N3O4S/c1-9(20)15(24-11-6-4-3-5-7-11)14(23)12-8-13(22)19-16(18-12)17-10(2)21/h3-8,23H,1-2H3,(H2,17,18,19,21,22)/b15-14+. The smallest absolute Gasteiger partial charge is 0.252 e. The van der Waals surface area contributed by atoms with Gasteiger partial charge in [0.05, 0.1) is 4.91 Å². The molecular formula is C16H15N3O4S. The number of rotatable bonds is 5. The highest BCUT2D eigenvalue weighted by atomic mass is 32.2. The number of anilines is 1. The van der Waals surface area contributed by atoms with Gasteiger partial charge in [-0.3, -0.25) is 24.7 Å². The van der Waals surface area contributed by atoms with E-state index in [-0.39, 0.29) is 22.3 Å². The zero-order valence-electron chi connectivity index (χ0n) is 13.0. The summed E-state index contributed by atoms with van der Waals surface area (Å²) < 4.78 is 0. The lowest BCUT2D eigenvalue weighted by atomic mass is 10.2. The van der Waals surface area contributed by atoms with E-state index >= 15 is 0 Å². The summed E-state index contributed by atoms with van der Waals surface area (Å²) in [5.74, 6) is -1.33. The lowest BCUT2D eigenvalue weighted by molar-refractivity contribution is -0.114. The molecule has 2 aromatic rings. The van der Waals surface area contributed by atoms with Crippen molar-refractivity contribution in [2.45, 2.75) is 18.7 Å². The van der Waals surface area contributed by atoms with Crippen molar-refractivity contribution in [2.24, 2.45) is 0 Å². The number of thioether (sulfide) groups is 1. The average Bonchev–Trinajstić information content (AvgIpc) is 2.51. The molecule has 0 aliphatic heterocycles. The van der Waals surface area contributed by atoms with Crippen molar-refractivity contribution in [3.63, 3.8) is 0 Å². The summed E-state index contributed by atoms with van der Waals surface area (Å²) in [5, 5.41) is 12.7. The van der Waals surface area contributed by atoms with Crippen LogP contribution in [0, 0.1) is 0 Å². The molecule has 0 saturated heterocycles. The van der Waals surface area contributed by atoms with Crippen LogP contribution in [0.15, 0.2) is 51.0 Å². The molecule has 0 unspecified atom stereocenters. The van der Waals surface area contributed by atoms with E-state index in [1.54, 1.807) is 24.3 Å². The van der Waals surface area contributed by atoms with E-state index < -0.39 is 17.2 Å². The largest absolute Gasteiger partial charge is 0.504 e. The van der Waals surface area contributed by atoms with Crippen LogP contribution in [-0.4, -0.2) is 26.8 Å². The Bertz CT molecular complexity index is 859. The number of allylic oxidation sites excluding steroid dienone is 1. The van der Waals surface area contributed by atoms with E-state index in [2.05, 4.69) is 15.3 Å². The van der Waals surface area contributed by atoms with Crippen LogP contribution in [0.4, 0.5) is 5.95 Å². The monoisotopic (exact) mass is 345 g/mol. The number of hydrogen-bond acceptors (Lipinski definition) is 6. The quantitative estimate of drug-likeness (QED) is 0.436. The number of aromatic nitrogens is 2. The number of benzene rings is 1. The molecule has 0 radical (unpaired) electrons. The van der Waals surface area contributed by atoms with Gasteiger partial charge in [0.15, 0.2) is 11.5 Å². The van der Waals surface area contributed by atoms with Crippen molar-refractivity contribution in [3.05, 3.63) is 57.4 Å². The minimum Gasteiger partial charge on any atom is -0.504 e. The van der Waals surface area contributed by atoms with Crippen LogP contribution < -0.4 is 10.9 Å². The van der Waals surface area contributed by atoms with Gasteiger partial charge in [-0.05, 0) is 19.1 Å². The number of carbonyl (C=O) groups excluding carboxylic acids is 2. The fourth-order valence-electron chi connectivity index (χ4n) is 1.81. The molecule has 0 atom stereocenters. The second-order valence-corrected chi connectivity index (χ2v) is 5.89. The topological polar surface area (TPSA) is 112 Å². The molecule has 1 heterocycles. The van der Waals surface area contributed by atoms with Crippen molar-refractivity contribution in [1.82, 2.24) is 9.97 Å². The Labute approximate surface area is 141 Å². The van der Waals surface area contributed by atoms with E-state index in [1.807, 2.05) is 6.07 Å². The molecule has 3 N–H and O–H groups in total. The fourth-order valence-corrected chi connectivity index (χ4v) is 2.69. The number of H-pyrrole nitrogens is 1. The summed E-state index contributed by atoms with van der Waals surface area (Å²) in [5.41, 5.74) is -0.668. The maximum atomic E-state index is 11.9. The first-order chi connectivity index (χ1) is 11.4. The summed E-state index contributed by atoms with van der Waals surface area (Å²) in [4.78, 5) is 41.7. The van der Waals surface area contributed by atoms with Gasteiger partial charge >= 0.3 is 0 Å². The highest BCUT2D eigenvalue weighted by Crippen LogP contribution is 2.31. The SMILES string of the molecule is CC(=O)Nc1nc(/C(O)=C(\Sc2ccccc2)C(C)=O)cc(=O)[nH]1. The number of aliphatic hydroxyl groups excluding tert-OH is 1. The maximum absolute atomic E-state index is 11.9. The van der Waals surface area contributed by atoms with E-state index in [9.17, 15) is 19.5 Å². The predicted molar refractivity (Wildman–Crippen MR) is 91.7 cm³/mol. The Morgan fingerprint density at radius 2 is 1.88 bits per heavy atom. The van der Waals surface area contributed by atoms with Crippen molar-refractivity contribution >= 4 is 35.2 Å². The number of amides is 1. The molecule has 0 saturated carbocycles. The molecule has 1 aromatic heterocycles. The van der Waals surface area contributed by atoms with Gasteiger partial charge in [0.1, 0.15) is 5.69 Å². The molecule has 0 bridgehead atoms. The summed E-state index contributed by atoms with van der Waals surface area (Å²) in [7, 11) is 0. The van der Waals surface area contributed by atoms with E-state index in [4.69, 9.17) is 0 Å². The van der Waals surface area contributed by atoms with Gasteiger partial charge in [-0.15, -0.1) is 0 Å².